The minimum absolute atomic E-state index is 0. The van der Waals surface area contributed by atoms with Gasteiger partial charge in [0.2, 0.25) is 0 Å². The van der Waals surface area contributed by atoms with Gasteiger partial charge in [-0.1, -0.05) is 0 Å². The summed E-state index contributed by atoms with van der Waals surface area (Å²) in [5.74, 6) is -2.43. The Hall–Kier alpha value is -0.517. The predicted molar refractivity (Wildman–Crippen MR) is 42.6 cm³/mol. The summed E-state index contributed by atoms with van der Waals surface area (Å²) in [4.78, 5) is 19.1. The number of carboxylic acids is 2. The zero-order valence-electron chi connectivity index (χ0n) is 8.80. The summed E-state index contributed by atoms with van der Waals surface area (Å²) >= 11 is 0. The van der Waals surface area contributed by atoms with Crippen molar-refractivity contribution in [3.8, 4) is 0 Å². The Balaban J connectivity index is -0.000000180. The second-order valence-electron chi connectivity index (χ2n) is 2.85. The summed E-state index contributed by atoms with van der Waals surface area (Å²) in [6.07, 6.45) is -2.13. The molecule has 0 aliphatic heterocycles. The molecule has 0 aliphatic carbocycles. The van der Waals surface area contributed by atoms with Gasteiger partial charge in [0.1, 0.15) is 0 Å². The topological polar surface area (TPSA) is 121 Å². The molecular weight excluding hydrogens is 257 g/mol. The third-order valence-electron chi connectivity index (χ3n) is 0.924. The molecule has 0 radical (unpaired) electrons. The van der Waals surface area contributed by atoms with E-state index in [9.17, 15) is 19.8 Å². The van der Waals surface area contributed by atoms with E-state index in [1.165, 1.54) is 13.8 Å². The number of carbonyl (C=O) groups excluding carboxylic acids is 2. The van der Waals surface area contributed by atoms with E-state index in [-0.39, 0.29) is 32.3 Å². The number of aliphatic hydroxyl groups excluding tert-OH is 2. The zero-order valence-corrected chi connectivity index (χ0v) is 11.8. The van der Waals surface area contributed by atoms with Crippen LogP contribution in [0.1, 0.15) is 26.7 Å². The molecule has 0 bridgehead atoms. The van der Waals surface area contributed by atoms with E-state index < -0.39 is 24.1 Å². The van der Waals surface area contributed by atoms with E-state index in [0.29, 0.717) is 0 Å². The van der Waals surface area contributed by atoms with Gasteiger partial charge in [-0.05, 0) is 13.8 Å². The van der Waals surface area contributed by atoms with Crippen LogP contribution in [0.5, 0.6) is 0 Å². The molecule has 0 aromatic heterocycles. The van der Waals surface area contributed by atoms with Crippen molar-refractivity contribution in [1.29, 1.82) is 0 Å². The fourth-order valence-corrected chi connectivity index (χ4v) is 0.482. The van der Waals surface area contributed by atoms with Crippen LogP contribution in [0.15, 0.2) is 0 Å². The maximum atomic E-state index is 9.54. The fourth-order valence-electron chi connectivity index (χ4n) is 0.482. The molecule has 0 heterocycles. The summed E-state index contributed by atoms with van der Waals surface area (Å²) in [5.41, 5.74) is 0. The van der Waals surface area contributed by atoms with Crippen LogP contribution in [0.25, 0.3) is 0 Å². The van der Waals surface area contributed by atoms with Crippen molar-refractivity contribution in [2.24, 2.45) is 0 Å². The Morgan fingerprint density at radius 2 is 1.20 bits per heavy atom. The average Bonchev–Trinajstić information content (AvgIpc) is 1.79. The van der Waals surface area contributed by atoms with Crippen LogP contribution in [0.3, 0.4) is 0 Å². The summed E-state index contributed by atoms with van der Waals surface area (Å²) in [6.45, 7) is 2.80. The molecule has 0 amide bonds. The second kappa shape index (κ2) is 11.6. The number of carboxylic acid groups (broad SMARTS) is 2. The summed E-state index contributed by atoms with van der Waals surface area (Å²) < 4.78 is 0. The first kappa shape index (κ1) is 20.0. The third-order valence-corrected chi connectivity index (χ3v) is 0.924. The van der Waals surface area contributed by atoms with Gasteiger partial charge >= 0.3 is 19.5 Å². The van der Waals surface area contributed by atoms with Crippen LogP contribution >= 0.6 is 0 Å². The van der Waals surface area contributed by atoms with Gasteiger partial charge in [0.25, 0.3) is 0 Å². The molecule has 0 saturated carbocycles. The standard InChI is InChI=1S/2C4H8O3.Zn/c2*1-3(5)2-4(6)7;/h2*3,5H,2H2,1H3,(H,6,7);/q;;+2/p-2/t2*3-;/m00./s1. The van der Waals surface area contributed by atoms with E-state index >= 15 is 0 Å². The van der Waals surface area contributed by atoms with Crippen molar-refractivity contribution in [3.63, 3.8) is 0 Å². The van der Waals surface area contributed by atoms with Crippen LogP contribution in [0.4, 0.5) is 0 Å². The van der Waals surface area contributed by atoms with Crippen LogP contribution in [-0.2, 0) is 29.1 Å². The quantitative estimate of drug-likeness (QED) is 0.526. The van der Waals surface area contributed by atoms with Crippen molar-refractivity contribution in [2.45, 2.75) is 38.9 Å². The molecule has 0 aromatic rings. The molecule has 0 rings (SSSR count). The number of hydrogen-bond donors (Lipinski definition) is 2. The molecule has 6 nitrogen and oxygen atoms in total. The van der Waals surface area contributed by atoms with Crippen molar-refractivity contribution >= 4 is 11.9 Å². The van der Waals surface area contributed by atoms with E-state index in [2.05, 4.69) is 0 Å². The summed E-state index contributed by atoms with van der Waals surface area (Å²) in [7, 11) is 0. The molecule has 0 spiro atoms. The molecule has 0 fully saturated rings. The van der Waals surface area contributed by atoms with Gasteiger partial charge in [-0.25, -0.2) is 0 Å². The maximum absolute atomic E-state index is 9.54. The first-order valence-electron chi connectivity index (χ1n) is 4.01. The SMILES string of the molecule is C[C@H](O)CC(=O)[O-].C[C@H](O)CC(=O)[O-].[Zn+2]. The molecule has 0 unspecified atom stereocenters. The predicted octanol–water partition coefficient (Wildman–Crippen LogP) is -2.99. The molecule has 2 atom stereocenters. The van der Waals surface area contributed by atoms with Gasteiger partial charge in [0, 0.05) is 24.8 Å². The summed E-state index contributed by atoms with van der Waals surface area (Å²) in [6, 6.07) is 0. The molecule has 0 saturated heterocycles. The number of hydrogen-bond acceptors (Lipinski definition) is 6. The van der Waals surface area contributed by atoms with E-state index in [4.69, 9.17) is 10.2 Å². The Kier molecular flexibility index (Phi) is 15.4. The Morgan fingerprint density at radius 3 is 1.20 bits per heavy atom. The largest absolute Gasteiger partial charge is 2.00 e. The molecular formula is C8H14O6Zn. The van der Waals surface area contributed by atoms with Crippen molar-refractivity contribution < 1.29 is 49.5 Å². The van der Waals surface area contributed by atoms with Gasteiger partial charge in [-0.15, -0.1) is 0 Å². The van der Waals surface area contributed by atoms with Gasteiger partial charge < -0.3 is 30.0 Å². The Morgan fingerprint density at radius 1 is 1.00 bits per heavy atom. The Labute approximate surface area is 101 Å². The van der Waals surface area contributed by atoms with Crippen molar-refractivity contribution in [2.75, 3.05) is 0 Å². The summed E-state index contributed by atoms with van der Waals surface area (Å²) in [5, 5.41) is 35.7. The van der Waals surface area contributed by atoms with Crippen LogP contribution in [0, 0.1) is 0 Å². The fraction of sp³-hybridized carbons (Fsp3) is 0.750. The molecule has 2 N–H and O–H groups in total. The van der Waals surface area contributed by atoms with Gasteiger partial charge in [0.15, 0.2) is 0 Å². The van der Waals surface area contributed by atoms with E-state index in [0.717, 1.165) is 0 Å². The smallest absolute Gasteiger partial charge is 0.550 e. The Bertz CT molecular complexity index is 160. The third kappa shape index (κ3) is 31.7. The number of aliphatic carboxylic acids is 2. The van der Waals surface area contributed by atoms with Crippen LogP contribution in [0.2, 0.25) is 0 Å². The zero-order chi connectivity index (χ0) is 11.7. The van der Waals surface area contributed by atoms with Crippen LogP contribution in [-0.4, -0.2) is 34.4 Å². The minimum Gasteiger partial charge on any atom is -0.550 e. The average molecular weight is 272 g/mol. The molecule has 15 heavy (non-hydrogen) atoms. The van der Waals surface area contributed by atoms with Gasteiger partial charge in [0.05, 0.1) is 12.2 Å². The number of carbonyl (C=O) groups is 2. The number of rotatable bonds is 4. The second-order valence-corrected chi connectivity index (χ2v) is 2.85. The molecule has 84 valence electrons. The van der Waals surface area contributed by atoms with Gasteiger partial charge in [-0.2, -0.15) is 0 Å². The van der Waals surface area contributed by atoms with Crippen molar-refractivity contribution in [3.05, 3.63) is 0 Å². The van der Waals surface area contributed by atoms with E-state index in [1.54, 1.807) is 0 Å². The maximum Gasteiger partial charge on any atom is 2.00 e. The first-order chi connectivity index (χ1) is 6.25. The minimum atomic E-state index is -1.21. The van der Waals surface area contributed by atoms with Gasteiger partial charge in [-0.3, -0.25) is 0 Å². The van der Waals surface area contributed by atoms with Crippen molar-refractivity contribution in [1.82, 2.24) is 0 Å². The normalized spacial score (nSPS) is 12.5. The van der Waals surface area contributed by atoms with E-state index in [1.807, 2.05) is 0 Å². The monoisotopic (exact) mass is 270 g/mol. The first-order valence-corrected chi connectivity index (χ1v) is 4.01. The van der Waals surface area contributed by atoms with Crippen LogP contribution < -0.4 is 10.2 Å². The molecule has 0 aromatic carbocycles. The molecule has 0 aliphatic rings. The number of aliphatic hydroxyl groups is 2. The molecule has 7 heteroatoms.